The lowest BCUT2D eigenvalue weighted by atomic mass is 10.1. The van der Waals surface area contributed by atoms with E-state index >= 15 is 0 Å². The summed E-state index contributed by atoms with van der Waals surface area (Å²) in [5, 5.41) is 1.57. The van der Waals surface area contributed by atoms with Gasteiger partial charge in [-0.3, -0.25) is 0 Å². The van der Waals surface area contributed by atoms with Gasteiger partial charge in [-0.25, -0.2) is 0 Å². The number of halogens is 2. The van der Waals surface area contributed by atoms with Gasteiger partial charge >= 0.3 is 0 Å². The maximum atomic E-state index is 6.02. The summed E-state index contributed by atoms with van der Waals surface area (Å²) in [5.74, 6) is 1.97. The van der Waals surface area contributed by atoms with E-state index in [2.05, 4.69) is 57.8 Å². The molecule has 1 rings (SSSR count). The highest BCUT2D eigenvalue weighted by atomic mass is 79.9. The van der Waals surface area contributed by atoms with Crippen molar-refractivity contribution in [1.29, 1.82) is 0 Å². The van der Waals surface area contributed by atoms with Crippen molar-refractivity contribution in [3.05, 3.63) is 23.3 Å². The van der Waals surface area contributed by atoms with Crippen LogP contribution < -0.4 is 9.47 Å². The van der Waals surface area contributed by atoms with Crippen LogP contribution in [0.1, 0.15) is 76.3 Å². The Labute approximate surface area is 165 Å². The molecule has 0 aliphatic heterocycles. The van der Waals surface area contributed by atoms with Crippen LogP contribution >= 0.6 is 31.9 Å². The summed E-state index contributed by atoms with van der Waals surface area (Å²) in [5.41, 5.74) is 2.33. The monoisotopic (exact) mass is 462 g/mol. The second kappa shape index (κ2) is 14.0. The smallest absolute Gasteiger partial charge is 0.123 e. The van der Waals surface area contributed by atoms with Gasteiger partial charge in [0.1, 0.15) is 11.5 Å². The highest BCUT2D eigenvalue weighted by molar-refractivity contribution is 9.08. The van der Waals surface area contributed by atoms with E-state index in [0.717, 1.165) is 48.2 Å². The van der Waals surface area contributed by atoms with Crippen molar-refractivity contribution in [2.75, 3.05) is 13.2 Å². The topological polar surface area (TPSA) is 18.5 Å². The highest BCUT2D eigenvalue weighted by Crippen LogP contribution is 2.32. The number of ether oxygens (including phenoxy) is 2. The van der Waals surface area contributed by atoms with E-state index in [0.29, 0.717) is 0 Å². The minimum absolute atomic E-state index is 0.784. The Balaban J connectivity index is 2.63. The summed E-state index contributed by atoms with van der Waals surface area (Å²) in [6, 6.07) is 4.26. The van der Waals surface area contributed by atoms with Crippen LogP contribution in [0.15, 0.2) is 12.1 Å². The van der Waals surface area contributed by atoms with Crippen LogP contribution in [0.5, 0.6) is 11.5 Å². The minimum Gasteiger partial charge on any atom is -0.493 e. The number of unbranched alkanes of at least 4 members (excludes halogenated alkanes) is 6. The fourth-order valence-electron chi connectivity index (χ4n) is 2.54. The molecular weight excluding hydrogens is 432 g/mol. The lowest BCUT2D eigenvalue weighted by Gasteiger charge is -2.16. The normalized spacial score (nSPS) is 10.8. The molecule has 0 heterocycles. The second-order valence-corrected chi connectivity index (χ2v) is 7.27. The third kappa shape index (κ3) is 8.24. The van der Waals surface area contributed by atoms with Gasteiger partial charge in [-0.15, -0.1) is 0 Å². The highest BCUT2D eigenvalue weighted by Gasteiger charge is 2.11. The third-order valence-corrected chi connectivity index (χ3v) is 5.25. The molecule has 0 amide bonds. The molecule has 0 unspecified atom stereocenters. The molecular formula is C20H32Br2O2. The van der Waals surface area contributed by atoms with Gasteiger partial charge in [-0.2, -0.15) is 0 Å². The van der Waals surface area contributed by atoms with E-state index in [1.807, 2.05) is 0 Å². The van der Waals surface area contributed by atoms with E-state index in [1.54, 1.807) is 0 Å². The van der Waals surface area contributed by atoms with Gasteiger partial charge in [-0.1, -0.05) is 84.2 Å². The van der Waals surface area contributed by atoms with Crippen molar-refractivity contribution in [2.24, 2.45) is 0 Å². The quantitative estimate of drug-likeness (QED) is 0.211. The van der Waals surface area contributed by atoms with Crippen LogP contribution in [-0.2, 0) is 10.7 Å². The van der Waals surface area contributed by atoms with Crippen LogP contribution in [-0.4, -0.2) is 13.2 Å². The molecule has 0 radical (unpaired) electrons. The van der Waals surface area contributed by atoms with Gasteiger partial charge in [0.15, 0.2) is 0 Å². The standard InChI is InChI=1S/C20H32Br2O2/c1-3-5-7-9-11-23-19-13-18(16-22)20(14-17(19)15-21)24-12-10-8-6-4-2/h13-14H,3-12,15-16H2,1-2H3. The lowest BCUT2D eigenvalue weighted by molar-refractivity contribution is 0.293. The van der Waals surface area contributed by atoms with Gasteiger partial charge in [0.2, 0.25) is 0 Å². The van der Waals surface area contributed by atoms with Crippen LogP contribution in [0.3, 0.4) is 0 Å². The maximum Gasteiger partial charge on any atom is 0.123 e. The molecule has 0 spiro atoms. The van der Waals surface area contributed by atoms with Crippen molar-refractivity contribution in [2.45, 2.75) is 75.9 Å². The zero-order valence-corrected chi connectivity index (χ0v) is 18.4. The fourth-order valence-corrected chi connectivity index (χ4v) is 3.42. The van der Waals surface area contributed by atoms with Crippen molar-refractivity contribution in [1.82, 2.24) is 0 Å². The minimum atomic E-state index is 0.784. The maximum absolute atomic E-state index is 6.02. The number of hydrogen-bond donors (Lipinski definition) is 0. The predicted molar refractivity (Wildman–Crippen MR) is 111 cm³/mol. The second-order valence-electron chi connectivity index (χ2n) is 6.15. The third-order valence-electron chi connectivity index (χ3n) is 4.04. The molecule has 0 aliphatic carbocycles. The van der Waals surface area contributed by atoms with Gasteiger partial charge in [0.05, 0.1) is 13.2 Å². The number of rotatable bonds is 14. The van der Waals surface area contributed by atoms with Crippen molar-refractivity contribution < 1.29 is 9.47 Å². The van der Waals surface area contributed by atoms with Gasteiger partial charge in [0.25, 0.3) is 0 Å². The summed E-state index contributed by atoms with van der Waals surface area (Å²) in [6.45, 7) is 6.04. The summed E-state index contributed by atoms with van der Waals surface area (Å²) in [7, 11) is 0. The molecule has 24 heavy (non-hydrogen) atoms. The Bertz CT molecular complexity index is 408. The van der Waals surface area contributed by atoms with Crippen LogP contribution in [0, 0.1) is 0 Å². The van der Waals surface area contributed by atoms with E-state index < -0.39 is 0 Å². The molecule has 1 aromatic rings. The molecule has 138 valence electrons. The molecule has 0 aromatic heterocycles. The zero-order chi connectivity index (χ0) is 17.6. The molecule has 0 saturated heterocycles. The van der Waals surface area contributed by atoms with Crippen LogP contribution in [0.25, 0.3) is 0 Å². The molecule has 0 aliphatic rings. The first-order valence-corrected chi connectivity index (χ1v) is 11.5. The Morgan fingerprint density at radius 2 is 1.08 bits per heavy atom. The zero-order valence-electron chi connectivity index (χ0n) is 15.2. The number of benzene rings is 1. The van der Waals surface area contributed by atoms with Crippen molar-refractivity contribution in [3.63, 3.8) is 0 Å². The molecule has 4 heteroatoms. The molecule has 0 fully saturated rings. The van der Waals surface area contributed by atoms with E-state index in [9.17, 15) is 0 Å². The Morgan fingerprint density at radius 1 is 0.667 bits per heavy atom. The summed E-state index contributed by atoms with van der Waals surface area (Å²) in [6.07, 6.45) is 9.80. The van der Waals surface area contributed by atoms with E-state index in [-0.39, 0.29) is 0 Å². The van der Waals surface area contributed by atoms with Gasteiger partial charge in [0, 0.05) is 21.8 Å². The van der Waals surface area contributed by atoms with Crippen molar-refractivity contribution in [3.8, 4) is 11.5 Å². The van der Waals surface area contributed by atoms with Crippen molar-refractivity contribution >= 4 is 31.9 Å². The Morgan fingerprint density at radius 3 is 1.42 bits per heavy atom. The number of alkyl halides is 2. The Kier molecular flexibility index (Phi) is 12.7. The van der Waals surface area contributed by atoms with E-state index in [4.69, 9.17) is 9.47 Å². The first-order valence-electron chi connectivity index (χ1n) is 9.30. The lowest BCUT2D eigenvalue weighted by Crippen LogP contribution is -2.04. The average molecular weight is 464 g/mol. The molecule has 0 N–H and O–H groups in total. The summed E-state index contributed by atoms with van der Waals surface area (Å²) in [4.78, 5) is 0. The largest absolute Gasteiger partial charge is 0.493 e. The van der Waals surface area contributed by atoms with E-state index in [1.165, 1.54) is 49.7 Å². The molecule has 1 aromatic carbocycles. The predicted octanol–water partition coefficient (Wildman–Crippen LogP) is 7.39. The van der Waals surface area contributed by atoms with Crippen LogP contribution in [0.4, 0.5) is 0 Å². The molecule has 0 bridgehead atoms. The number of hydrogen-bond acceptors (Lipinski definition) is 2. The molecule has 0 saturated carbocycles. The summed E-state index contributed by atoms with van der Waals surface area (Å²) >= 11 is 7.16. The van der Waals surface area contributed by atoms with Gasteiger partial charge < -0.3 is 9.47 Å². The molecule has 2 nitrogen and oxygen atoms in total. The fraction of sp³-hybridized carbons (Fsp3) is 0.700. The van der Waals surface area contributed by atoms with Crippen LogP contribution in [0.2, 0.25) is 0 Å². The Hall–Kier alpha value is -0.220. The first kappa shape index (κ1) is 21.8. The average Bonchev–Trinajstić information content (AvgIpc) is 2.61. The first-order chi connectivity index (χ1) is 11.8. The van der Waals surface area contributed by atoms with Gasteiger partial charge in [-0.05, 0) is 25.0 Å². The SMILES string of the molecule is CCCCCCOc1cc(CBr)c(OCCCCCC)cc1CBr. The molecule has 0 atom stereocenters. The summed E-state index contributed by atoms with van der Waals surface area (Å²) < 4.78 is 12.0.